The van der Waals surface area contributed by atoms with Crippen LogP contribution in [-0.4, -0.2) is 28.3 Å². The van der Waals surface area contributed by atoms with Crippen molar-refractivity contribution in [2.75, 3.05) is 6.54 Å². The average Bonchev–Trinajstić information content (AvgIpc) is 3.33. The first kappa shape index (κ1) is 22.0. The van der Waals surface area contributed by atoms with Gasteiger partial charge in [0, 0.05) is 30.6 Å². The number of halogens is 3. The number of aryl methyl sites for hydroxylation is 2. The molecule has 9 heteroatoms. The summed E-state index contributed by atoms with van der Waals surface area (Å²) in [5.41, 5.74) is 8.04. The maximum Gasteiger partial charge on any atom is 0.416 e. The van der Waals surface area contributed by atoms with E-state index in [1.165, 1.54) is 23.5 Å². The van der Waals surface area contributed by atoms with Crippen molar-refractivity contribution in [2.24, 2.45) is 12.8 Å². The molecule has 0 radical (unpaired) electrons. The number of nitrogens with zero attached hydrogens (tertiary/aromatic N) is 2. The largest absolute Gasteiger partial charge is 0.416 e. The minimum Gasteiger partial charge on any atom is -0.347 e. The van der Waals surface area contributed by atoms with Crippen LogP contribution in [0, 0.1) is 0 Å². The number of amides is 1. The number of nitrogens with two attached hydrogens (primary N) is 1. The first-order chi connectivity index (χ1) is 14.2. The number of carbonyl (C=O) groups is 1. The van der Waals surface area contributed by atoms with E-state index < -0.39 is 17.8 Å². The quantitative estimate of drug-likeness (QED) is 0.587. The van der Waals surface area contributed by atoms with E-state index in [4.69, 9.17) is 5.73 Å². The number of thiophene rings is 1. The first-order valence-corrected chi connectivity index (χ1v) is 10.4. The van der Waals surface area contributed by atoms with Crippen LogP contribution in [0.25, 0.3) is 11.3 Å². The van der Waals surface area contributed by atoms with E-state index in [2.05, 4.69) is 10.4 Å². The summed E-state index contributed by atoms with van der Waals surface area (Å²) in [6, 6.07) is 6.50. The van der Waals surface area contributed by atoms with Crippen molar-refractivity contribution in [2.45, 2.75) is 32.0 Å². The summed E-state index contributed by atoms with van der Waals surface area (Å²) >= 11 is 1.28. The van der Waals surface area contributed by atoms with Crippen LogP contribution in [0.3, 0.4) is 0 Å². The Balaban J connectivity index is 1.76. The van der Waals surface area contributed by atoms with Crippen molar-refractivity contribution in [3.63, 3.8) is 0 Å². The van der Waals surface area contributed by atoms with Crippen LogP contribution in [0.4, 0.5) is 13.2 Å². The summed E-state index contributed by atoms with van der Waals surface area (Å²) in [5, 5.41) is 8.91. The Morgan fingerprint density at radius 1 is 1.30 bits per heavy atom. The molecule has 5 nitrogen and oxygen atoms in total. The first-order valence-electron chi connectivity index (χ1n) is 9.50. The summed E-state index contributed by atoms with van der Waals surface area (Å²) in [7, 11) is 1.84. The van der Waals surface area contributed by atoms with E-state index in [-0.39, 0.29) is 24.4 Å². The van der Waals surface area contributed by atoms with E-state index in [1.807, 2.05) is 19.4 Å². The lowest BCUT2D eigenvalue weighted by Gasteiger charge is -2.19. The van der Waals surface area contributed by atoms with Crippen molar-refractivity contribution >= 4 is 17.2 Å². The van der Waals surface area contributed by atoms with Gasteiger partial charge in [-0.25, -0.2) is 0 Å². The van der Waals surface area contributed by atoms with E-state index in [0.29, 0.717) is 4.88 Å². The molecule has 0 aliphatic heterocycles. The van der Waals surface area contributed by atoms with Gasteiger partial charge in [0.05, 0.1) is 22.3 Å². The molecule has 0 saturated heterocycles. The number of alkyl halides is 3. The predicted octanol–water partition coefficient (Wildman–Crippen LogP) is 4.03. The lowest BCUT2D eigenvalue weighted by atomic mass is 9.99. The second kappa shape index (κ2) is 9.01. The number of hydrogen-bond acceptors (Lipinski definition) is 4. The van der Waals surface area contributed by atoms with E-state index in [0.717, 1.165) is 29.3 Å². The fraction of sp³-hybridized carbons (Fsp3) is 0.333. The van der Waals surface area contributed by atoms with Gasteiger partial charge in [-0.15, -0.1) is 11.3 Å². The maximum atomic E-state index is 13.2. The Kier molecular flexibility index (Phi) is 6.62. The molecule has 2 aromatic heterocycles. The highest BCUT2D eigenvalue weighted by atomic mass is 32.1. The summed E-state index contributed by atoms with van der Waals surface area (Å²) in [6.45, 7) is 2.06. The van der Waals surface area contributed by atoms with Crippen LogP contribution < -0.4 is 11.1 Å². The average molecular weight is 437 g/mol. The molecule has 160 valence electrons. The number of nitrogens with one attached hydrogen (secondary N) is 1. The molecule has 1 atom stereocenters. The molecule has 1 amide bonds. The van der Waals surface area contributed by atoms with Crippen molar-refractivity contribution < 1.29 is 18.0 Å². The standard InChI is InChI=1S/C21H23F3N4OS/c1-3-13-11-26-28(2)19(13)15-9-18(30-12-15)20(29)27-16(10-25)8-14-6-4-5-7-17(14)21(22,23)24/h4-7,9,11-12,16H,3,8,10,25H2,1-2H3,(H,27,29)/t16-/m0/s1. The molecule has 2 heterocycles. The zero-order valence-electron chi connectivity index (χ0n) is 16.7. The molecule has 0 saturated carbocycles. The predicted molar refractivity (Wildman–Crippen MR) is 111 cm³/mol. The zero-order valence-corrected chi connectivity index (χ0v) is 17.5. The van der Waals surface area contributed by atoms with Crippen LogP contribution >= 0.6 is 11.3 Å². The van der Waals surface area contributed by atoms with Gasteiger partial charge in [0.2, 0.25) is 0 Å². The Bertz CT molecular complexity index is 1030. The fourth-order valence-electron chi connectivity index (χ4n) is 3.38. The number of aromatic nitrogens is 2. The lowest BCUT2D eigenvalue weighted by Crippen LogP contribution is -2.41. The zero-order chi connectivity index (χ0) is 21.9. The van der Waals surface area contributed by atoms with Crippen LogP contribution in [0.2, 0.25) is 0 Å². The highest BCUT2D eigenvalue weighted by Crippen LogP contribution is 2.32. The molecule has 0 bridgehead atoms. The molecule has 30 heavy (non-hydrogen) atoms. The van der Waals surface area contributed by atoms with Crippen molar-refractivity contribution in [1.82, 2.24) is 15.1 Å². The monoisotopic (exact) mass is 436 g/mol. The summed E-state index contributed by atoms with van der Waals surface area (Å²) in [4.78, 5) is 13.2. The van der Waals surface area contributed by atoms with Gasteiger partial charge >= 0.3 is 6.18 Å². The van der Waals surface area contributed by atoms with Crippen LogP contribution in [-0.2, 0) is 26.1 Å². The summed E-state index contributed by atoms with van der Waals surface area (Å²) in [5.74, 6) is -0.355. The van der Waals surface area contributed by atoms with Gasteiger partial charge < -0.3 is 11.1 Å². The molecule has 3 rings (SSSR count). The fourth-order valence-corrected chi connectivity index (χ4v) is 4.18. The molecule has 0 fully saturated rings. The Labute approximate surface area is 176 Å². The third-order valence-corrected chi connectivity index (χ3v) is 5.83. The molecule has 0 spiro atoms. The molecule has 0 aliphatic rings. The highest BCUT2D eigenvalue weighted by molar-refractivity contribution is 7.12. The molecular formula is C21H23F3N4OS. The molecule has 0 aliphatic carbocycles. The van der Waals surface area contributed by atoms with E-state index in [1.54, 1.807) is 23.0 Å². The van der Waals surface area contributed by atoms with Crippen LogP contribution in [0.15, 0.2) is 41.9 Å². The minimum atomic E-state index is -4.46. The van der Waals surface area contributed by atoms with Gasteiger partial charge in [-0.3, -0.25) is 9.48 Å². The van der Waals surface area contributed by atoms with Gasteiger partial charge in [-0.1, -0.05) is 25.1 Å². The third-order valence-electron chi connectivity index (χ3n) is 4.90. The van der Waals surface area contributed by atoms with Crippen molar-refractivity contribution in [3.8, 4) is 11.3 Å². The molecular weight excluding hydrogens is 413 g/mol. The normalized spacial score (nSPS) is 12.7. The molecule has 0 unspecified atom stereocenters. The number of carbonyl (C=O) groups excluding carboxylic acids is 1. The Hall–Kier alpha value is -2.65. The lowest BCUT2D eigenvalue weighted by molar-refractivity contribution is -0.138. The molecule has 1 aromatic carbocycles. The highest BCUT2D eigenvalue weighted by Gasteiger charge is 2.33. The Morgan fingerprint density at radius 2 is 2.03 bits per heavy atom. The van der Waals surface area contributed by atoms with Gasteiger partial charge in [-0.05, 0) is 36.1 Å². The van der Waals surface area contributed by atoms with Crippen molar-refractivity contribution in [1.29, 1.82) is 0 Å². The smallest absolute Gasteiger partial charge is 0.347 e. The second-order valence-electron chi connectivity index (χ2n) is 6.96. The number of rotatable bonds is 7. The van der Waals surface area contributed by atoms with Gasteiger partial charge in [-0.2, -0.15) is 18.3 Å². The van der Waals surface area contributed by atoms with E-state index in [9.17, 15) is 18.0 Å². The van der Waals surface area contributed by atoms with Gasteiger partial charge in [0.25, 0.3) is 5.91 Å². The topological polar surface area (TPSA) is 72.9 Å². The Morgan fingerprint density at radius 3 is 2.70 bits per heavy atom. The van der Waals surface area contributed by atoms with Gasteiger partial charge in [0.15, 0.2) is 0 Å². The second-order valence-corrected chi connectivity index (χ2v) is 7.87. The molecule has 3 aromatic rings. The van der Waals surface area contributed by atoms with Crippen molar-refractivity contribution in [3.05, 3.63) is 63.5 Å². The summed E-state index contributed by atoms with van der Waals surface area (Å²) in [6.07, 6.45) is -1.84. The van der Waals surface area contributed by atoms with Crippen LogP contribution in [0.1, 0.15) is 33.3 Å². The molecule has 3 N–H and O–H groups in total. The minimum absolute atomic E-state index is 0.00211. The van der Waals surface area contributed by atoms with Crippen LogP contribution in [0.5, 0.6) is 0 Å². The number of benzene rings is 1. The maximum absolute atomic E-state index is 13.2. The summed E-state index contributed by atoms with van der Waals surface area (Å²) < 4.78 is 41.5. The van der Waals surface area contributed by atoms with Gasteiger partial charge in [0.1, 0.15) is 0 Å². The van der Waals surface area contributed by atoms with E-state index >= 15 is 0 Å². The number of hydrogen-bond donors (Lipinski definition) is 2. The third kappa shape index (κ3) is 4.73. The SMILES string of the molecule is CCc1cnn(C)c1-c1csc(C(=O)N[C@H](CN)Cc2ccccc2C(F)(F)F)c1.